The first-order valence-electron chi connectivity index (χ1n) is 13.6. The maximum atomic E-state index is 15.1. The van der Waals surface area contributed by atoms with E-state index in [1.54, 1.807) is 56.3 Å². The predicted octanol–water partition coefficient (Wildman–Crippen LogP) is 6.60. The molecular formula is C32H31O8PS2. The van der Waals surface area contributed by atoms with Gasteiger partial charge in [-0.05, 0) is 66.4 Å². The summed E-state index contributed by atoms with van der Waals surface area (Å²) in [5.41, 5.74) is -0.0148. The Morgan fingerprint density at radius 2 is 1.23 bits per heavy atom. The fourth-order valence-electron chi connectivity index (χ4n) is 5.52. The van der Waals surface area contributed by atoms with E-state index in [1.165, 1.54) is 72.8 Å². The maximum absolute atomic E-state index is 15.1. The van der Waals surface area contributed by atoms with Crippen LogP contribution in [0, 0.1) is 0 Å². The fraction of sp³-hybridized carbons (Fsp3) is 0.188. The number of rotatable bonds is 9. The van der Waals surface area contributed by atoms with Gasteiger partial charge in [-0.15, -0.1) is 0 Å². The highest BCUT2D eigenvalue weighted by Gasteiger charge is 2.68. The Balaban J connectivity index is 2.01. The van der Waals surface area contributed by atoms with Gasteiger partial charge < -0.3 is 14.2 Å². The van der Waals surface area contributed by atoms with Crippen LogP contribution in [-0.2, 0) is 37.8 Å². The molecule has 4 aromatic rings. The molecule has 0 bridgehead atoms. The molecule has 0 saturated heterocycles. The van der Waals surface area contributed by atoms with Gasteiger partial charge in [-0.1, -0.05) is 84.9 Å². The van der Waals surface area contributed by atoms with Crippen LogP contribution in [-0.4, -0.2) is 35.2 Å². The number of fused-ring (bicyclic) bond motifs is 2. The average Bonchev–Trinajstić information content (AvgIpc) is 3.01. The number of sulfone groups is 2. The zero-order valence-electron chi connectivity index (χ0n) is 23.5. The Kier molecular flexibility index (Phi) is 8.64. The largest absolute Gasteiger partial charge is 0.386 e. The van der Waals surface area contributed by atoms with E-state index in [9.17, 15) is 13.5 Å². The molecule has 0 radical (unpaired) electrons. The zero-order chi connectivity index (χ0) is 30.9. The van der Waals surface area contributed by atoms with Crippen LogP contribution in [0.2, 0.25) is 0 Å². The van der Waals surface area contributed by atoms with Crippen LogP contribution >= 0.6 is 7.60 Å². The van der Waals surface area contributed by atoms with Crippen molar-refractivity contribution in [1.82, 2.24) is 0 Å². The third kappa shape index (κ3) is 4.92. The van der Waals surface area contributed by atoms with Crippen molar-refractivity contribution in [3.8, 4) is 0 Å². The Hall–Kier alpha value is -3.37. The lowest BCUT2D eigenvalue weighted by atomic mass is 9.90. The fourth-order valence-corrected chi connectivity index (χ4v) is 12.7. The Labute approximate surface area is 252 Å². The predicted molar refractivity (Wildman–Crippen MR) is 166 cm³/mol. The summed E-state index contributed by atoms with van der Waals surface area (Å²) >= 11 is 0. The van der Waals surface area contributed by atoms with E-state index >= 15 is 13.0 Å². The topological polar surface area (TPSA) is 124 Å². The van der Waals surface area contributed by atoms with Gasteiger partial charge in [0.05, 0.1) is 27.9 Å². The first-order chi connectivity index (χ1) is 20.6. The molecule has 1 aliphatic rings. The lowest BCUT2D eigenvalue weighted by molar-refractivity contribution is 0.122. The third-order valence-corrected chi connectivity index (χ3v) is 15.2. The molecule has 0 unspecified atom stereocenters. The standard InChI is InChI=1S/C32H31O8PS2/c1-3-39-41(34,40-4-2)32(43(37,38)26-18-9-6-10-19-26)29-22-14-11-15-24(29)23-30(27-20-12-13-21-28(27)31(32)33)42(35,36)25-16-7-5-8-17-25/h5-23,31,33H,3-4H2,1-2H3/b30-23+/t31-,32-/m1/s1. The molecule has 1 aliphatic carbocycles. The molecule has 8 nitrogen and oxygen atoms in total. The van der Waals surface area contributed by atoms with Crippen LogP contribution in [0.5, 0.6) is 0 Å². The van der Waals surface area contributed by atoms with Gasteiger partial charge in [0, 0.05) is 0 Å². The zero-order valence-corrected chi connectivity index (χ0v) is 26.1. The summed E-state index contributed by atoms with van der Waals surface area (Å²) in [7, 11) is -13.8. The molecule has 224 valence electrons. The molecule has 43 heavy (non-hydrogen) atoms. The van der Waals surface area contributed by atoms with E-state index in [0.29, 0.717) is 0 Å². The minimum Gasteiger partial charge on any atom is -0.386 e. The quantitative estimate of drug-likeness (QED) is 0.204. The van der Waals surface area contributed by atoms with Crippen molar-refractivity contribution >= 4 is 38.3 Å². The summed E-state index contributed by atoms with van der Waals surface area (Å²) in [5, 5.41) is 12.5. The first-order valence-corrected chi connectivity index (χ1v) is 18.1. The van der Waals surface area contributed by atoms with Crippen LogP contribution < -0.4 is 0 Å². The number of hydrogen-bond donors (Lipinski definition) is 1. The van der Waals surface area contributed by atoms with E-state index < -0.39 is 37.9 Å². The van der Waals surface area contributed by atoms with Gasteiger partial charge in [0.25, 0.3) is 0 Å². The number of benzene rings is 4. The number of aliphatic hydroxyl groups is 1. The molecule has 1 N–H and O–H groups in total. The van der Waals surface area contributed by atoms with Crippen LogP contribution in [0.3, 0.4) is 0 Å². The van der Waals surface area contributed by atoms with Gasteiger partial charge in [0.2, 0.25) is 24.2 Å². The van der Waals surface area contributed by atoms with E-state index in [1.807, 2.05) is 0 Å². The van der Waals surface area contributed by atoms with E-state index in [4.69, 9.17) is 9.05 Å². The van der Waals surface area contributed by atoms with Gasteiger partial charge >= 0.3 is 7.60 Å². The van der Waals surface area contributed by atoms with Crippen molar-refractivity contribution in [2.45, 2.75) is 34.2 Å². The molecule has 11 heteroatoms. The highest BCUT2D eigenvalue weighted by atomic mass is 32.2. The molecule has 0 amide bonds. The molecule has 0 aliphatic heterocycles. The summed E-state index contributed by atoms with van der Waals surface area (Å²) in [6.07, 6.45) is -0.742. The Bertz CT molecular complexity index is 1910. The summed E-state index contributed by atoms with van der Waals surface area (Å²) in [6, 6.07) is 27.3. The molecular weight excluding hydrogens is 607 g/mol. The normalized spacial score (nSPS) is 20.2. The average molecular weight is 639 g/mol. The second kappa shape index (κ2) is 12.0. The number of aliphatic hydroxyl groups excluding tert-OH is 1. The van der Waals surface area contributed by atoms with Gasteiger partial charge in [0.15, 0.2) is 0 Å². The van der Waals surface area contributed by atoms with Crippen molar-refractivity contribution in [2.24, 2.45) is 0 Å². The van der Waals surface area contributed by atoms with E-state index in [-0.39, 0.29) is 50.2 Å². The summed E-state index contributed by atoms with van der Waals surface area (Å²) in [4.78, 5) is -0.363. The van der Waals surface area contributed by atoms with Crippen LogP contribution in [0.1, 0.15) is 42.2 Å². The second-order valence-corrected chi connectivity index (χ2v) is 16.3. The summed E-state index contributed by atoms with van der Waals surface area (Å²) in [5.74, 6) is 0. The Morgan fingerprint density at radius 1 is 0.721 bits per heavy atom. The third-order valence-electron chi connectivity index (χ3n) is 7.34. The summed E-state index contributed by atoms with van der Waals surface area (Å²) < 4.78 is 82.3. The summed E-state index contributed by atoms with van der Waals surface area (Å²) in [6.45, 7) is 2.72. The smallest absolute Gasteiger partial charge is 0.359 e. The Morgan fingerprint density at radius 3 is 1.84 bits per heavy atom. The van der Waals surface area contributed by atoms with Crippen LogP contribution in [0.4, 0.5) is 0 Å². The molecule has 4 aromatic carbocycles. The highest BCUT2D eigenvalue weighted by Crippen LogP contribution is 2.74. The maximum Gasteiger partial charge on any atom is 0.359 e. The van der Waals surface area contributed by atoms with Crippen LogP contribution in [0.25, 0.3) is 11.0 Å². The molecule has 0 aromatic heterocycles. The van der Waals surface area contributed by atoms with Crippen molar-refractivity contribution < 1.29 is 35.6 Å². The molecule has 0 spiro atoms. The van der Waals surface area contributed by atoms with E-state index in [0.717, 1.165) is 0 Å². The van der Waals surface area contributed by atoms with Gasteiger partial charge in [-0.3, -0.25) is 4.57 Å². The van der Waals surface area contributed by atoms with Crippen molar-refractivity contribution in [2.75, 3.05) is 13.2 Å². The van der Waals surface area contributed by atoms with Crippen molar-refractivity contribution in [3.05, 3.63) is 131 Å². The monoisotopic (exact) mass is 638 g/mol. The van der Waals surface area contributed by atoms with Crippen LogP contribution in [0.15, 0.2) is 119 Å². The SMILES string of the molecule is CCOP(=O)(OCC)[C@@]1(S(=O)(=O)c2ccccc2)c2ccccc2/C=C(/S(=O)(=O)c2ccccc2)c2ccccc2[C@H]1O. The molecule has 0 fully saturated rings. The first kappa shape index (κ1) is 31.1. The highest BCUT2D eigenvalue weighted by molar-refractivity contribution is 8.01. The molecule has 0 saturated carbocycles. The van der Waals surface area contributed by atoms with Crippen molar-refractivity contribution in [1.29, 1.82) is 0 Å². The van der Waals surface area contributed by atoms with E-state index in [2.05, 4.69) is 0 Å². The molecule has 0 heterocycles. The lowest BCUT2D eigenvalue weighted by Crippen LogP contribution is -2.44. The second-order valence-electron chi connectivity index (χ2n) is 9.75. The lowest BCUT2D eigenvalue weighted by Gasteiger charge is -2.43. The van der Waals surface area contributed by atoms with Gasteiger partial charge in [0.1, 0.15) is 6.10 Å². The molecule has 2 atom stereocenters. The molecule has 5 rings (SSSR count). The minimum absolute atomic E-state index is 0.0149. The van der Waals surface area contributed by atoms with Crippen molar-refractivity contribution in [3.63, 3.8) is 0 Å². The minimum atomic E-state index is -4.84. The van der Waals surface area contributed by atoms with Gasteiger partial charge in [-0.25, -0.2) is 16.8 Å². The number of hydrogen-bond acceptors (Lipinski definition) is 8. The van der Waals surface area contributed by atoms with Gasteiger partial charge in [-0.2, -0.15) is 0 Å².